The van der Waals surface area contributed by atoms with Crippen LogP contribution in [0.2, 0.25) is 0 Å². The highest BCUT2D eigenvalue weighted by atomic mass is 32.2. The fourth-order valence-electron chi connectivity index (χ4n) is 2.72. The van der Waals surface area contributed by atoms with Crippen LogP contribution >= 0.6 is 11.8 Å². The van der Waals surface area contributed by atoms with Crippen LogP contribution in [0.1, 0.15) is 36.9 Å². The molecule has 2 N–H and O–H groups in total. The van der Waals surface area contributed by atoms with Crippen molar-refractivity contribution in [3.63, 3.8) is 0 Å². The predicted octanol–water partition coefficient (Wildman–Crippen LogP) is 3.00. The standard InChI is InChI=1S/C15H23NOS/c1-3-11(10-17)15(16-2)13-6-7-14-12(9-13)5-4-8-18-14/h6-7,9,11,15-17H,3-5,8,10H2,1-2H3. The van der Waals surface area contributed by atoms with Crippen LogP contribution in [-0.2, 0) is 6.42 Å². The van der Waals surface area contributed by atoms with Crippen LogP contribution < -0.4 is 5.32 Å². The van der Waals surface area contributed by atoms with Gasteiger partial charge >= 0.3 is 0 Å². The highest BCUT2D eigenvalue weighted by molar-refractivity contribution is 7.99. The van der Waals surface area contributed by atoms with Crippen LogP contribution in [0, 0.1) is 5.92 Å². The molecule has 1 aliphatic rings. The highest BCUT2D eigenvalue weighted by Crippen LogP contribution is 2.33. The molecule has 1 aromatic carbocycles. The highest BCUT2D eigenvalue weighted by Gasteiger charge is 2.21. The first-order valence-corrected chi connectivity index (χ1v) is 7.82. The van der Waals surface area contributed by atoms with E-state index < -0.39 is 0 Å². The molecule has 0 radical (unpaired) electrons. The van der Waals surface area contributed by atoms with E-state index in [1.54, 1.807) is 0 Å². The van der Waals surface area contributed by atoms with Crippen molar-refractivity contribution in [1.82, 2.24) is 5.32 Å². The first kappa shape index (κ1) is 13.9. The van der Waals surface area contributed by atoms with Gasteiger partial charge in [-0.2, -0.15) is 0 Å². The Morgan fingerprint density at radius 3 is 2.94 bits per heavy atom. The molecular formula is C15H23NOS. The van der Waals surface area contributed by atoms with E-state index >= 15 is 0 Å². The number of aliphatic hydroxyl groups is 1. The Hall–Kier alpha value is -0.510. The van der Waals surface area contributed by atoms with Gasteiger partial charge in [0.15, 0.2) is 0 Å². The van der Waals surface area contributed by atoms with Crippen molar-refractivity contribution in [3.8, 4) is 0 Å². The third-order valence-corrected chi connectivity index (χ3v) is 5.04. The molecule has 0 fully saturated rings. The zero-order chi connectivity index (χ0) is 13.0. The number of benzene rings is 1. The van der Waals surface area contributed by atoms with Crippen molar-refractivity contribution >= 4 is 11.8 Å². The smallest absolute Gasteiger partial charge is 0.0477 e. The molecule has 0 aliphatic carbocycles. The van der Waals surface area contributed by atoms with Crippen LogP contribution in [0.4, 0.5) is 0 Å². The summed E-state index contributed by atoms with van der Waals surface area (Å²) in [5.74, 6) is 1.54. The molecule has 1 aromatic rings. The van der Waals surface area contributed by atoms with Gasteiger partial charge in [-0.15, -0.1) is 11.8 Å². The number of fused-ring (bicyclic) bond motifs is 1. The number of hydrogen-bond acceptors (Lipinski definition) is 3. The summed E-state index contributed by atoms with van der Waals surface area (Å²) < 4.78 is 0. The fraction of sp³-hybridized carbons (Fsp3) is 0.600. The average molecular weight is 265 g/mol. The number of aryl methyl sites for hydroxylation is 1. The third kappa shape index (κ3) is 2.90. The van der Waals surface area contributed by atoms with Crippen molar-refractivity contribution in [3.05, 3.63) is 29.3 Å². The molecule has 3 heteroatoms. The van der Waals surface area contributed by atoms with E-state index in [9.17, 15) is 5.11 Å². The minimum Gasteiger partial charge on any atom is -0.396 e. The van der Waals surface area contributed by atoms with E-state index in [0.717, 1.165) is 6.42 Å². The van der Waals surface area contributed by atoms with Gasteiger partial charge in [-0.05, 0) is 49.3 Å². The average Bonchev–Trinajstić information content (AvgIpc) is 2.44. The summed E-state index contributed by atoms with van der Waals surface area (Å²) in [5, 5.41) is 12.8. The first-order valence-electron chi connectivity index (χ1n) is 6.83. The van der Waals surface area contributed by atoms with Crippen molar-refractivity contribution in [2.45, 2.75) is 37.1 Å². The van der Waals surface area contributed by atoms with E-state index in [0.29, 0.717) is 5.92 Å². The van der Waals surface area contributed by atoms with Gasteiger partial charge in [0.2, 0.25) is 0 Å². The van der Waals surface area contributed by atoms with E-state index in [1.807, 2.05) is 18.8 Å². The SMILES string of the molecule is CCC(CO)C(NC)c1ccc2c(c1)CCCS2. The van der Waals surface area contributed by atoms with Gasteiger partial charge in [0.25, 0.3) is 0 Å². The maximum atomic E-state index is 9.48. The molecule has 1 aliphatic heterocycles. The second kappa shape index (κ2) is 6.60. The zero-order valence-electron chi connectivity index (χ0n) is 11.3. The minimum atomic E-state index is 0.244. The summed E-state index contributed by atoms with van der Waals surface area (Å²) in [6.07, 6.45) is 3.47. The van der Waals surface area contributed by atoms with Gasteiger partial charge in [0, 0.05) is 23.5 Å². The summed E-state index contributed by atoms with van der Waals surface area (Å²) in [6.45, 7) is 2.38. The number of aliphatic hydroxyl groups excluding tert-OH is 1. The number of hydrogen-bond donors (Lipinski definition) is 2. The summed E-state index contributed by atoms with van der Waals surface area (Å²) in [5.41, 5.74) is 2.80. The Bertz CT molecular complexity index is 390. The lowest BCUT2D eigenvalue weighted by molar-refractivity contribution is 0.189. The van der Waals surface area contributed by atoms with Gasteiger partial charge in [-0.1, -0.05) is 19.1 Å². The summed E-state index contributed by atoms with van der Waals surface area (Å²) in [6, 6.07) is 7.07. The summed E-state index contributed by atoms with van der Waals surface area (Å²) in [4.78, 5) is 1.44. The lowest BCUT2D eigenvalue weighted by Gasteiger charge is -2.26. The summed E-state index contributed by atoms with van der Waals surface area (Å²) in [7, 11) is 1.98. The van der Waals surface area contributed by atoms with Crippen LogP contribution in [0.5, 0.6) is 0 Å². The van der Waals surface area contributed by atoms with Gasteiger partial charge in [-0.25, -0.2) is 0 Å². The zero-order valence-corrected chi connectivity index (χ0v) is 12.1. The first-order chi connectivity index (χ1) is 8.80. The Kier molecular flexibility index (Phi) is 5.10. The van der Waals surface area contributed by atoms with Crippen molar-refractivity contribution in [1.29, 1.82) is 0 Å². The molecule has 0 bridgehead atoms. The van der Waals surface area contributed by atoms with E-state index in [2.05, 4.69) is 30.4 Å². The molecule has 1 heterocycles. The maximum Gasteiger partial charge on any atom is 0.0477 e. The van der Waals surface area contributed by atoms with Gasteiger partial charge in [0.05, 0.1) is 0 Å². The summed E-state index contributed by atoms with van der Waals surface area (Å²) >= 11 is 1.97. The molecule has 0 saturated heterocycles. The fourth-order valence-corrected chi connectivity index (χ4v) is 3.74. The molecule has 0 spiro atoms. The lowest BCUT2D eigenvalue weighted by Crippen LogP contribution is -2.27. The topological polar surface area (TPSA) is 32.3 Å². The second-order valence-electron chi connectivity index (χ2n) is 4.94. The van der Waals surface area contributed by atoms with Crippen LogP contribution in [-0.4, -0.2) is 24.5 Å². The predicted molar refractivity (Wildman–Crippen MR) is 78.2 cm³/mol. The number of rotatable bonds is 5. The van der Waals surface area contributed by atoms with Crippen LogP contribution in [0.25, 0.3) is 0 Å². The molecular weight excluding hydrogens is 242 g/mol. The molecule has 0 aromatic heterocycles. The Morgan fingerprint density at radius 1 is 1.44 bits per heavy atom. The quantitative estimate of drug-likeness (QED) is 0.858. The number of nitrogens with one attached hydrogen (secondary N) is 1. The van der Waals surface area contributed by atoms with Gasteiger partial charge in [-0.3, -0.25) is 0 Å². The Labute approximate surface area is 114 Å². The van der Waals surface area contributed by atoms with Crippen LogP contribution in [0.3, 0.4) is 0 Å². The molecule has 2 atom stereocenters. The molecule has 100 valence electrons. The van der Waals surface area contributed by atoms with Gasteiger partial charge < -0.3 is 10.4 Å². The minimum absolute atomic E-state index is 0.244. The molecule has 2 unspecified atom stereocenters. The van der Waals surface area contributed by atoms with Crippen molar-refractivity contribution in [2.24, 2.45) is 5.92 Å². The van der Waals surface area contributed by atoms with Crippen molar-refractivity contribution < 1.29 is 5.11 Å². The Balaban J connectivity index is 2.25. The van der Waals surface area contributed by atoms with E-state index in [-0.39, 0.29) is 12.6 Å². The molecule has 0 saturated carbocycles. The Morgan fingerprint density at radius 2 is 2.28 bits per heavy atom. The second-order valence-corrected chi connectivity index (χ2v) is 6.07. The molecule has 2 nitrogen and oxygen atoms in total. The lowest BCUT2D eigenvalue weighted by atomic mass is 9.90. The molecule has 0 amide bonds. The largest absolute Gasteiger partial charge is 0.396 e. The van der Waals surface area contributed by atoms with Gasteiger partial charge in [0.1, 0.15) is 0 Å². The van der Waals surface area contributed by atoms with Crippen LogP contribution in [0.15, 0.2) is 23.1 Å². The monoisotopic (exact) mass is 265 g/mol. The van der Waals surface area contributed by atoms with E-state index in [4.69, 9.17) is 0 Å². The maximum absolute atomic E-state index is 9.48. The molecule has 18 heavy (non-hydrogen) atoms. The molecule has 2 rings (SSSR count). The van der Waals surface area contributed by atoms with E-state index in [1.165, 1.54) is 34.6 Å². The normalized spacial score (nSPS) is 18.2. The number of thioether (sulfide) groups is 1. The van der Waals surface area contributed by atoms with Crippen molar-refractivity contribution in [2.75, 3.05) is 19.4 Å². The third-order valence-electron chi connectivity index (χ3n) is 3.83.